The maximum absolute atomic E-state index is 5.62. The van der Waals surface area contributed by atoms with Crippen LogP contribution >= 0.6 is 15.9 Å². The molecule has 0 aliphatic carbocycles. The summed E-state index contributed by atoms with van der Waals surface area (Å²) in [7, 11) is 1.62. The van der Waals surface area contributed by atoms with Gasteiger partial charge in [-0.15, -0.1) is 0 Å². The van der Waals surface area contributed by atoms with Gasteiger partial charge in [-0.05, 0) is 34.1 Å². The molecule has 2 aromatic rings. The molecule has 0 aliphatic rings. The number of nitrogens with two attached hydrogens (primary N) is 1. The van der Waals surface area contributed by atoms with E-state index in [1.807, 2.05) is 18.2 Å². The lowest BCUT2D eigenvalue weighted by Gasteiger charge is -2.09. The van der Waals surface area contributed by atoms with Crippen molar-refractivity contribution in [3.05, 3.63) is 40.8 Å². The molecule has 0 saturated carbocycles. The summed E-state index contributed by atoms with van der Waals surface area (Å²) < 4.78 is 11.5. The van der Waals surface area contributed by atoms with Crippen molar-refractivity contribution in [1.29, 1.82) is 0 Å². The van der Waals surface area contributed by atoms with Crippen LogP contribution < -0.4 is 15.2 Å². The van der Waals surface area contributed by atoms with Gasteiger partial charge in [0.25, 0.3) is 0 Å². The Labute approximate surface area is 113 Å². The average molecular weight is 310 g/mol. The van der Waals surface area contributed by atoms with Gasteiger partial charge in [0, 0.05) is 0 Å². The number of anilines is 1. The quantitative estimate of drug-likeness (QED) is 0.939. The first kappa shape index (κ1) is 12.6. The van der Waals surface area contributed by atoms with Gasteiger partial charge in [-0.25, -0.2) is 4.98 Å². The first-order valence-electron chi connectivity index (χ1n) is 5.22. The van der Waals surface area contributed by atoms with Crippen LogP contribution in [0.1, 0.15) is 5.69 Å². The number of benzene rings is 1. The van der Waals surface area contributed by atoms with Gasteiger partial charge in [-0.1, -0.05) is 0 Å². The maximum atomic E-state index is 5.62. The minimum Gasteiger partial charge on any atom is -0.497 e. The third kappa shape index (κ3) is 3.10. The lowest BCUT2D eigenvalue weighted by molar-refractivity contribution is 0.298. The molecule has 0 fully saturated rings. The highest BCUT2D eigenvalue weighted by atomic mass is 79.9. The van der Waals surface area contributed by atoms with Crippen LogP contribution in [0, 0.1) is 0 Å². The number of rotatable bonds is 4. The molecule has 0 atom stereocenters. The van der Waals surface area contributed by atoms with Crippen molar-refractivity contribution in [1.82, 2.24) is 9.97 Å². The maximum Gasteiger partial charge on any atom is 0.141 e. The Kier molecular flexibility index (Phi) is 3.99. The molecule has 18 heavy (non-hydrogen) atoms. The first-order valence-corrected chi connectivity index (χ1v) is 6.01. The minimum atomic E-state index is 0.332. The second-order valence-corrected chi connectivity index (χ2v) is 4.37. The minimum absolute atomic E-state index is 0.332. The zero-order valence-corrected chi connectivity index (χ0v) is 11.3. The zero-order chi connectivity index (χ0) is 13.0. The van der Waals surface area contributed by atoms with Crippen molar-refractivity contribution in [2.24, 2.45) is 0 Å². The van der Waals surface area contributed by atoms with Crippen molar-refractivity contribution < 1.29 is 9.47 Å². The molecule has 0 unspecified atom stereocenters. The third-order valence-corrected chi connectivity index (χ3v) is 2.86. The fraction of sp³-hybridized carbons (Fsp3) is 0.167. The van der Waals surface area contributed by atoms with E-state index < -0.39 is 0 Å². The molecule has 6 heteroatoms. The van der Waals surface area contributed by atoms with Gasteiger partial charge in [0.05, 0.1) is 29.7 Å². The Balaban J connectivity index is 2.04. The van der Waals surface area contributed by atoms with E-state index in [9.17, 15) is 0 Å². The Bertz CT molecular complexity index is 531. The molecule has 1 aromatic heterocycles. The van der Waals surface area contributed by atoms with Crippen LogP contribution in [-0.2, 0) is 6.61 Å². The molecule has 94 valence electrons. The second kappa shape index (κ2) is 5.68. The number of methoxy groups -OCH3 is 1. The van der Waals surface area contributed by atoms with E-state index >= 15 is 0 Å². The fourth-order valence-electron chi connectivity index (χ4n) is 1.32. The summed E-state index contributed by atoms with van der Waals surface area (Å²) in [5.74, 6) is 1.88. The van der Waals surface area contributed by atoms with E-state index in [4.69, 9.17) is 15.2 Å². The van der Waals surface area contributed by atoms with Gasteiger partial charge in [0.2, 0.25) is 0 Å². The molecule has 5 nitrogen and oxygen atoms in total. The Hall–Kier alpha value is -1.82. The second-order valence-electron chi connectivity index (χ2n) is 3.52. The van der Waals surface area contributed by atoms with Gasteiger partial charge in [0.15, 0.2) is 0 Å². The topological polar surface area (TPSA) is 70.3 Å². The molecule has 0 saturated heterocycles. The highest BCUT2D eigenvalue weighted by molar-refractivity contribution is 9.10. The fourth-order valence-corrected chi connectivity index (χ4v) is 1.79. The van der Waals surface area contributed by atoms with E-state index in [1.54, 1.807) is 13.3 Å². The summed E-state index contributed by atoms with van der Waals surface area (Å²) >= 11 is 3.41. The molecule has 1 aromatic carbocycles. The summed E-state index contributed by atoms with van der Waals surface area (Å²) in [6, 6.07) is 5.49. The Morgan fingerprint density at radius 3 is 2.72 bits per heavy atom. The molecule has 0 amide bonds. The average Bonchev–Trinajstić information content (AvgIpc) is 2.39. The number of nitrogen functional groups attached to an aromatic ring is 1. The number of nitrogens with zero attached hydrogens (tertiary/aromatic N) is 2. The van der Waals surface area contributed by atoms with Gasteiger partial charge >= 0.3 is 0 Å². The molecule has 2 N–H and O–H groups in total. The number of hydrogen-bond acceptors (Lipinski definition) is 5. The predicted molar refractivity (Wildman–Crippen MR) is 71.5 cm³/mol. The predicted octanol–water partition coefficient (Wildman–Crippen LogP) is 2.41. The molecule has 0 spiro atoms. The highest BCUT2D eigenvalue weighted by Crippen LogP contribution is 2.29. The summed E-state index contributed by atoms with van der Waals surface area (Å²) in [5.41, 5.74) is 6.17. The normalized spacial score (nSPS) is 10.1. The van der Waals surface area contributed by atoms with Gasteiger partial charge in [-0.2, -0.15) is 0 Å². The SMILES string of the molecule is COc1ccc(OCc2cnc(N)cn2)c(Br)c1. The van der Waals surface area contributed by atoms with E-state index in [1.165, 1.54) is 6.20 Å². The standard InChI is InChI=1S/C12H12BrN3O2/c1-17-9-2-3-11(10(13)4-9)18-7-8-5-16-12(14)6-15-8/h2-6H,7H2,1H3,(H2,14,16). The lowest BCUT2D eigenvalue weighted by Crippen LogP contribution is -2.01. The van der Waals surface area contributed by atoms with Crippen LogP contribution in [0.25, 0.3) is 0 Å². The van der Waals surface area contributed by atoms with Crippen LogP contribution in [0.2, 0.25) is 0 Å². The van der Waals surface area contributed by atoms with E-state index in [0.717, 1.165) is 16.0 Å². The molecular weight excluding hydrogens is 298 g/mol. The molecule has 2 rings (SSSR count). The number of ether oxygens (including phenoxy) is 2. The Morgan fingerprint density at radius 1 is 1.28 bits per heavy atom. The van der Waals surface area contributed by atoms with E-state index in [0.29, 0.717) is 18.1 Å². The van der Waals surface area contributed by atoms with Gasteiger partial charge in [-0.3, -0.25) is 4.98 Å². The number of halogens is 1. The van der Waals surface area contributed by atoms with Crippen molar-refractivity contribution >= 4 is 21.7 Å². The lowest BCUT2D eigenvalue weighted by atomic mass is 10.3. The zero-order valence-electron chi connectivity index (χ0n) is 9.76. The van der Waals surface area contributed by atoms with Gasteiger partial charge in [0.1, 0.15) is 23.9 Å². The summed E-state index contributed by atoms with van der Waals surface area (Å²) in [6.45, 7) is 0.332. The molecule has 1 heterocycles. The molecule has 0 radical (unpaired) electrons. The van der Waals surface area contributed by atoms with Crippen molar-refractivity contribution in [2.75, 3.05) is 12.8 Å². The summed E-state index contributed by atoms with van der Waals surface area (Å²) in [6.07, 6.45) is 3.09. The van der Waals surface area contributed by atoms with E-state index in [-0.39, 0.29) is 0 Å². The number of hydrogen-bond donors (Lipinski definition) is 1. The van der Waals surface area contributed by atoms with Crippen molar-refractivity contribution in [3.63, 3.8) is 0 Å². The van der Waals surface area contributed by atoms with Crippen LogP contribution in [0.3, 0.4) is 0 Å². The van der Waals surface area contributed by atoms with E-state index in [2.05, 4.69) is 25.9 Å². The van der Waals surface area contributed by atoms with Crippen molar-refractivity contribution in [3.8, 4) is 11.5 Å². The van der Waals surface area contributed by atoms with Crippen LogP contribution in [0.4, 0.5) is 5.82 Å². The van der Waals surface area contributed by atoms with Crippen LogP contribution in [0.15, 0.2) is 35.1 Å². The van der Waals surface area contributed by atoms with Crippen LogP contribution in [0.5, 0.6) is 11.5 Å². The highest BCUT2D eigenvalue weighted by Gasteiger charge is 2.04. The molecular formula is C12H12BrN3O2. The monoisotopic (exact) mass is 309 g/mol. The summed E-state index contributed by atoms with van der Waals surface area (Å²) in [4.78, 5) is 8.05. The van der Waals surface area contributed by atoms with Gasteiger partial charge < -0.3 is 15.2 Å². The van der Waals surface area contributed by atoms with Crippen molar-refractivity contribution in [2.45, 2.75) is 6.61 Å². The van der Waals surface area contributed by atoms with Crippen LogP contribution in [-0.4, -0.2) is 17.1 Å². The molecule has 0 aliphatic heterocycles. The smallest absolute Gasteiger partial charge is 0.141 e. The first-order chi connectivity index (χ1) is 8.69. The molecule has 0 bridgehead atoms. The summed E-state index contributed by atoms with van der Waals surface area (Å²) in [5, 5.41) is 0. The Morgan fingerprint density at radius 2 is 2.11 bits per heavy atom. The third-order valence-electron chi connectivity index (χ3n) is 2.24. The largest absolute Gasteiger partial charge is 0.497 e. The number of aromatic nitrogens is 2.